The average Bonchev–Trinajstić information content (AvgIpc) is 2.60. The van der Waals surface area contributed by atoms with Crippen LogP contribution in [0.3, 0.4) is 0 Å². The van der Waals surface area contributed by atoms with E-state index in [0.717, 1.165) is 32.5 Å². The van der Waals surface area contributed by atoms with E-state index in [1.54, 1.807) is 7.05 Å². The molecule has 1 aromatic rings. The highest BCUT2D eigenvalue weighted by atomic mass is 16.2. The average molecular weight is 328 g/mol. The maximum atomic E-state index is 12.3. The van der Waals surface area contributed by atoms with Gasteiger partial charge in [-0.3, -0.25) is 14.5 Å². The summed E-state index contributed by atoms with van der Waals surface area (Å²) in [6.45, 7) is 2.91. The van der Waals surface area contributed by atoms with E-state index >= 15 is 0 Å². The number of benzene rings is 1. The van der Waals surface area contributed by atoms with Gasteiger partial charge in [0.15, 0.2) is 0 Å². The van der Waals surface area contributed by atoms with Crippen LogP contribution in [0.25, 0.3) is 0 Å². The molecule has 0 aromatic heterocycles. The number of rotatable bonds is 4. The maximum Gasteiger partial charge on any atom is 0.267 e. The second-order valence-corrected chi connectivity index (χ2v) is 6.47. The fourth-order valence-corrected chi connectivity index (χ4v) is 3.18. The molecule has 6 heteroatoms. The van der Waals surface area contributed by atoms with E-state index < -0.39 is 0 Å². The quantitative estimate of drug-likeness (QED) is 0.908. The standard InChI is InChI=1S/C18H24N4O2/c1-21-17(23)8-7-16(20-21)18(24)19-15-9-11-22(12-10-15)13-14-5-3-2-4-6-14/h2-6,15H,7-13H2,1H3,(H,19,24). The predicted molar refractivity (Wildman–Crippen MR) is 92.3 cm³/mol. The van der Waals surface area contributed by atoms with Crippen molar-refractivity contribution in [2.75, 3.05) is 20.1 Å². The summed E-state index contributed by atoms with van der Waals surface area (Å²) in [5, 5.41) is 8.42. The molecule has 0 unspecified atom stereocenters. The van der Waals surface area contributed by atoms with Gasteiger partial charge in [-0.1, -0.05) is 30.3 Å². The van der Waals surface area contributed by atoms with E-state index in [1.807, 2.05) is 6.07 Å². The second kappa shape index (κ2) is 7.57. The molecule has 1 aromatic carbocycles. The van der Waals surface area contributed by atoms with E-state index in [4.69, 9.17) is 0 Å². The topological polar surface area (TPSA) is 65.0 Å². The number of amides is 2. The minimum Gasteiger partial charge on any atom is -0.348 e. The van der Waals surface area contributed by atoms with Crippen LogP contribution >= 0.6 is 0 Å². The van der Waals surface area contributed by atoms with Crippen LogP contribution in [0.4, 0.5) is 0 Å². The lowest BCUT2D eigenvalue weighted by Crippen LogP contribution is -2.47. The van der Waals surface area contributed by atoms with Crippen LogP contribution in [0.5, 0.6) is 0 Å². The lowest BCUT2D eigenvalue weighted by atomic mass is 10.0. The molecule has 0 saturated carbocycles. The Morgan fingerprint density at radius 2 is 1.92 bits per heavy atom. The van der Waals surface area contributed by atoms with Gasteiger partial charge in [0.1, 0.15) is 5.71 Å². The first-order chi connectivity index (χ1) is 11.6. The number of hydrogen-bond donors (Lipinski definition) is 1. The summed E-state index contributed by atoms with van der Waals surface area (Å²) in [6.07, 6.45) is 2.68. The number of piperidine rings is 1. The Hall–Kier alpha value is -2.21. The molecule has 6 nitrogen and oxygen atoms in total. The van der Waals surface area contributed by atoms with Gasteiger partial charge in [-0.05, 0) is 18.4 Å². The van der Waals surface area contributed by atoms with Crippen LogP contribution in [-0.2, 0) is 16.1 Å². The van der Waals surface area contributed by atoms with Crippen molar-refractivity contribution in [2.45, 2.75) is 38.3 Å². The number of carbonyl (C=O) groups excluding carboxylic acids is 2. The van der Waals surface area contributed by atoms with Gasteiger partial charge in [0.25, 0.3) is 5.91 Å². The molecule has 128 valence electrons. The Balaban J connectivity index is 1.46. The first-order valence-corrected chi connectivity index (χ1v) is 8.53. The Kier molecular flexibility index (Phi) is 5.25. The highest BCUT2D eigenvalue weighted by Gasteiger charge is 2.25. The van der Waals surface area contributed by atoms with E-state index in [0.29, 0.717) is 18.6 Å². The molecule has 2 aliphatic rings. The van der Waals surface area contributed by atoms with Crippen molar-refractivity contribution in [3.05, 3.63) is 35.9 Å². The maximum absolute atomic E-state index is 12.3. The van der Waals surface area contributed by atoms with Crippen molar-refractivity contribution in [3.8, 4) is 0 Å². The fourth-order valence-electron chi connectivity index (χ4n) is 3.18. The molecule has 2 aliphatic heterocycles. The third kappa shape index (κ3) is 4.20. The minimum atomic E-state index is -0.129. The number of nitrogens with one attached hydrogen (secondary N) is 1. The lowest BCUT2D eigenvalue weighted by Gasteiger charge is -2.32. The Morgan fingerprint density at radius 3 is 2.58 bits per heavy atom. The van der Waals surface area contributed by atoms with Crippen molar-refractivity contribution in [1.82, 2.24) is 15.2 Å². The van der Waals surface area contributed by atoms with E-state index in [9.17, 15) is 9.59 Å². The summed E-state index contributed by atoms with van der Waals surface area (Å²) >= 11 is 0. The largest absolute Gasteiger partial charge is 0.348 e. The number of likely N-dealkylation sites (tertiary alicyclic amines) is 1. The van der Waals surface area contributed by atoms with Crippen LogP contribution in [0, 0.1) is 0 Å². The summed E-state index contributed by atoms with van der Waals surface area (Å²) in [5.74, 6) is -0.170. The van der Waals surface area contributed by atoms with Gasteiger partial charge in [-0.2, -0.15) is 5.10 Å². The molecule has 0 bridgehead atoms. The molecular weight excluding hydrogens is 304 g/mol. The van der Waals surface area contributed by atoms with Gasteiger partial charge in [0.05, 0.1) is 0 Å². The highest BCUT2D eigenvalue weighted by molar-refractivity contribution is 6.39. The van der Waals surface area contributed by atoms with Gasteiger partial charge >= 0.3 is 0 Å². The van der Waals surface area contributed by atoms with E-state index in [2.05, 4.69) is 39.6 Å². The monoisotopic (exact) mass is 328 g/mol. The van der Waals surface area contributed by atoms with Gasteiger partial charge in [0.2, 0.25) is 5.91 Å². The van der Waals surface area contributed by atoms with Crippen molar-refractivity contribution in [1.29, 1.82) is 0 Å². The molecule has 0 radical (unpaired) electrons. The number of carbonyl (C=O) groups is 2. The van der Waals surface area contributed by atoms with Crippen LogP contribution in [-0.4, -0.2) is 53.6 Å². The van der Waals surface area contributed by atoms with E-state index in [-0.39, 0.29) is 17.9 Å². The fraction of sp³-hybridized carbons (Fsp3) is 0.500. The van der Waals surface area contributed by atoms with Crippen LogP contribution in [0.2, 0.25) is 0 Å². The van der Waals surface area contributed by atoms with Gasteiger partial charge < -0.3 is 5.32 Å². The zero-order valence-corrected chi connectivity index (χ0v) is 14.1. The minimum absolute atomic E-state index is 0.0410. The third-order valence-corrected chi connectivity index (χ3v) is 4.64. The Morgan fingerprint density at radius 1 is 1.21 bits per heavy atom. The molecular formula is C18H24N4O2. The van der Waals surface area contributed by atoms with Crippen LogP contribution < -0.4 is 5.32 Å². The number of nitrogens with zero attached hydrogens (tertiary/aromatic N) is 3. The van der Waals surface area contributed by atoms with Gasteiger partial charge in [-0.25, -0.2) is 5.01 Å². The van der Waals surface area contributed by atoms with E-state index in [1.165, 1.54) is 10.6 Å². The molecule has 1 N–H and O–H groups in total. The molecule has 0 atom stereocenters. The number of hydrazone groups is 1. The first kappa shape index (κ1) is 16.6. The van der Waals surface area contributed by atoms with Crippen molar-refractivity contribution < 1.29 is 9.59 Å². The van der Waals surface area contributed by atoms with Crippen LogP contribution in [0.15, 0.2) is 35.4 Å². The molecule has 24 heavy (non-hydrogen) atoms. The summed E-state index contributed by atoms with van der Waals surface area (Å²) < 4.78 is 0. The second-order valence-electron chi connectivity index (χ2n) is 6.47. The van der Waals surface area contributed by atoms with Crippen molar-refractivity contribution in [2.24, 2.45) is 5.10 Å². The summed E-state index contributed by atoms with van der Waals surface area (Å²) in [7, 11) is 1.59. The van der Waals surface area contributed by atoms with Crippen molar-refractivity contribution in [3.63, 3.8) is 0 Å². The summed E-state index contributed by atoms with van der Waals surface area (Å²) in [4.78, 5) is 26.1. The SMILES string of the molecule is CN1N=C(C(=O)NC2CCN(Cc3ccccc3)CC2)CCC1=O. The molecule has 2 heterocycles. The highest BCUT2D eigenvalue weighted by Crippen LogP contribution is 2.14. The normalized spacial score (nSPS) is 20.0. The lowest BCUT2D eigenvalue weighted by molar-refractivity contribution is -0.130. The van der Waals surface area contributed by atoms with Gasteiger partial charge in [0, 0.05) is 45.6 Å². The van der Waals surface area contributed by atoms with Crippen LogP contribution in [0.1, 0.15) is 31.2 Å². The zero-order valence-electron chi connectivity index (χ0n) is 14.1. The smallest absolute Gasteiger partial charge is 0.267 e. The zero-order chi connectivity index (χ0) is 16.9. The molecule has 1 fully saturated rings. The molecule has 3 rings (SSSR count). The third-order valence-electron chi connectivity index (χ3n) is 4.64. The number of hydrogen-bond acceptors (Lipinski definition) is 4. The predicted octanol–water partition coefficient (Wildman–Crippen LogP) is 1.38. The summed E-state index contributed by atoms with van der Waals surface area (Å²) in [5.41, 5.74) is 1.79. The molecule has 0 aliphatic carbocycles. The molecule has 1 saturated heterocycles. The first-order valence-electron chi connectivity index (χ1n) is 8.53. The molecule has 0 spiro atoms. The summed E-state index contributed by atoms with van der Waals surface area (Å²) in [6, 6.07) is 10.6. The Bertz CT molecular complexity index is 621. The Labute approximate surface area is 142 Å². The van der Waals surface area contributed by atoms with Crippen molar-refractivity contribution >= 4 is 17.5 Å². The van der Waals surface area contributed by atoms with Gasteiger partial charge in [-0.15, -0.1) is 0 Å². The molecule has 2 amide bonds.